The van der Waals surface area contributed by atoms with Gasteiger partial charge in [-0.15, -0.1) is 0 Å². The average Bonchev–Trinajstić information content (AvgIpc) is 3.18. The third kappa shape index (κ3) is 2.87. The van der Waals surface area contributed by atoms with Crippen LogP contribution in [-0.2, 0) is 6.54 Å². The summed E-state index contributed by atoms with van der Waals surface area (Å²) in [6.07, 6.45) is 3.86. The Morgan fingerprint density at radius 3 is 2.79 bits per heavy atom. The number of halogens is 1. The first-order valence-electron chi connectivity index (χ1n) is 6.20. The van der Waals surface area contributed by atoms with Crippen LogP contribution in [0.3, 0.4) is 0 Å². The number of carbonyl (C=O) groups excluding carboxylic acids is 1. The van der Waals surface area contributed by atoms with Crippen LogP contribution in [0.4, 0.5) is 0 Å². The van der Waals surface area contributed by atoms with Crippen molar-refractivity contribution in [1.29, 1.82) is 0 Å². The zero-order valence-electron chi connectivity index (χ0n) is 10.3. The van der Waals surface area contributed by atoms with Crippen molar-refractivity contribution in [2.24, 2.45) is 0 Å². The molecule has 2 aromatic heterocycles. The summed E-state index contributed by atoms with van der Waals surface area (Å²) in [5, 5.41) is 0. The molecule has 0 N–H and O–H groups in total. The maximum atomic E-state index is 12.4. The molecule has 5 heteroatoms. The molecule has 0 saturated heterocycles. The second kappa shape index (κ2) is 5.17. The van der Waals surface area contributed by atoms with Crippen molar-refractivity contribution in [2.45, 2.75) is 25.4 Å². The molecule has 1 aliphatic carbocycles. The highest BCUT2D eigenvalue weighted by atomic mass is 79.9. The minimum Gasteiger partial charge on any atom is -0.444 e. The predicted octanol–water partition coefficient (Wildman–Crippen LogP) is 3.24. The van der Waals surface area contributed by atoms with Gasteiger partial charge in [0.2, 0.25) is 0 Å². The van der Waals surface area contributed by atoms with Gasteiger partial charge >= 0.3 is 0 Å². The standard InChI is InChI=1S/C14H13BrN2O2/c15-13-7-6-12(19-13)14(18)17(11-4-5-11)9-10-3-1-2-8-16-10/h1-3,6-8,11H,4-5,9H2. The highest BCUT2D eigenvalue weighted by Crippen LogP contribution is 2.30. The van der Waals surface area contributed by atoms with E-state index < -0.39 is 0 Å². The fraction of sp³-hybridized carbons (Fsp3) is 0.286. The van der Waals surface area contributed by atoms with Crippen LogP contribution >= 0.6 is 15.9 Å². The van der Waals surface area contributed by atoms with Crippen molar-refractivity contribution < 1.29 is 9.21 Å². The molecule has 4 nitrogen and oxygen atoms in total. The summed E-state index contributed by atoms with van der Waals surface area (Å²) in [6.45, 7) is 0.530. The molecule has 0 bridgehead atoms. The van der Waals surface area contributed by atoms with Gasteiger partial charge in [0, 0.05) is 12.2 Å². The molecule has 0 aromatic carbocycles. The van der Waals surface area contributed by atoms with E-state index >= 15 is 0 Å². The van der Waals surface area contributed by atoms with E-state index in [1.165, 1.54) is 0 Å². The first-order chi connectivity index (χ1) is 9.24. The van der Waals surface area contributed by atoms with Gasteiger partial charge in [-0.25, -0.2) is 0 Å². The van der Waals surface area contributed by atoms with Crippen LogP contribution in [0.25, 0.3) is 0 Å². The van der Waals surface area contributed by atoms with E-state index in [9.17, 15) is 4.79 Å². The third-order valence-electron chi connectivity index (χ3n) is 3.09. The summed E-state index contributed by atoms with van der Waals surface area (Å²) in [7, 11) is 0. The van der Waals surface area contributed by atoms with Crippen molar-refractivity contribution in [2.75, 3.05) is 0 Å². The molecule has 19 heavy (non-hydrogen) atoms. The van der Waals surface area contributed by atoms with Gasteiger partial charge in [-0.2, -0.15) is 0 Å². The first kappa shape index (κ1) is 12.4. The van der Waals surface area contributed by atoms with E-state index in [2.05, 4.69) is 20.9 Å². The van der Waals surface area contributed by atoms with Gasteiger partial charge < -0.3 is 9.32 Å². The average molecular weight is 321 g/mol. The maximum Gasteiger partial charge on any atom is 0.290 e. The number of aromatic nitrogens is 1. The molecule has 0 aliphatic heterocycles. The van der Waals surface area contributed by atoms with Crippen LogP contribution in [0.1, 0.15) is 29.1 Å². The minimum absolute atomic E-state index is 0.0705. The summed E-state index contributed by atoms with van der Waals surface area (Å²) in [5.74, 6) is 0.300. The van der Waals surface area contributed by atoms with E-state index in [0.717, 1.165) is 18.5 Å². The van der Waals surface area contributed by atoms with Crippen molar-refractivity contribution in [3.05, 3.63) is 52.7 Å². The topological polar surface area (TPSA) is 46.3 Å². The van der Waals surface area contributed by atoms with Gasteiger partial charge in [0.1, 0.15) is 0 Å². The minimum atomic E-state index is -0.0705. The lowest BCUT2D eigenvalue weighted by Gasteiger charge is -2.20. The van der Waals surface area contributed by atoms with Crippen LogP contribution in [0.15, 0.2) is 45.6 Å². The molecule has 0 radical (unpaired) electrons. The van der Waals surface area contributed by atoms with Crippen LogP contribution < -0.4 is 0 Å². The Morgan fingerprint density at radius 2 is 2.21 bits per heavy atom. The van der Waals surface area contributed by atoms with Gasteiger partial charge in [-0.05, 0) is 53.0 Å². The first-order valence-corrected chi connectivity index (χ1v) is 6.99. The molecular formula is C14H13BrN2O2. The Kier molecular flexibility index (Phi) is 3.38. The number of pyridine rings is 1. The molecule has 3 rings (SSSR count). The van der Waals surface area contributed by atoms with Crippen molar-refractivity contribution in [1.82, 2.24) is 9.88 Å². The lowest BCUT2D eigenvalue weighted by molar-refractivity contribution is 0.0694. The highest BCUT2D eigenvalue weighted by molar-refractivity contribution is 9.10. The van der Waals surface area contributed by atoms with E-state index in [0.29, 0.717) is 23.0 Å². The molecule has 1 fully saturated rings. The molecular weight excluding hydrogens is 308 g/mol. The fourth-order valence-electron chi connectivity index (χ4n) is 1.99. The Morgan fingerprint density at radius 1 is 1.37 bits per heavy atom. The Balaban J connectivity index is 1.79. The Bertz CT molecular complexity index is 578. The Hall–Kier alpha value is -1.62. The molecule has 1 saturated carbocycles. The largest absolute Gasteiger partial charge is 0.444 e. The SMILES string of the molecule is O=C(c1ccc(Br)o1)N(Cc1ccccn1)C1CC1. The van der Waals surface area contributed by atoms with Gasteiger partial charge in [-0.1, -0.05) is 6.07 Å². The second-order valence-corrected chi connectivity index (χ2v) is 5.37. The summed E-state index contributed by atoms with van der Waals surface area (Å²) in [6, 6.07) is 9.48. The number of nitrogens with zero attached hydrogens (tertiary/aromatic N) is 2. The molecule has 1 aliphatic rings. The van der Waals surface area contributed by atoms with E-state index in [-0.39, 0.29) is 5.91 Å². The summed E-state index contributed by atoms with van der Waals surface area (Å²) in [4.78, 5) is 18.5. The lowest BCUT2D eigenvalue weighted by Crippen LogP contribution is -2.32. The lowest BCUT2D eigenvalue weighted by atomic mass is 10.3. The van der Waals surface area contributed by atoms with Gasteiger partial charge in [-0.3, -0.25) is 9.78 Å². The molecule has 98 valence electrons. The highest BCUT2D eigenvalue weighted by Gasteiger charge is 2.34. The normalized spacial score (nSPS) is 14.4. The molecule has 0 spiro atoms. The molecule has 0 atom stereocenters. The fourth-order valence-corrected chi connectivity index (χ4v) is 2.30. The van der Waals surface area contributed by atoms with Crippen LogP contribution in [0.2, 0.25) is 0 Å². The third-order valence-corrected chi connectivity index (χ3v) is 3.52. The number of carbonyl (C=O) groups is 1. The number of furan rings is 1. The zero-order chi connectivity index (χ0) is 13.2. The predicted molar refractivity (Wildman–Crippen MR) is 73.5 cm³/mol. The quantitative estimate of drug-likeness (QED) is 0.868. The maximum absolute atomic E-state index is 12.4. The summed E-state index contributed by atoms with van der Waals surface area (Å²) >= 11 is 3.22. The summed E-state index contributed by atoms with van der Waals surface area (Å²) in [5.41, 5.74) is 0.897. The number of hydrogen-bond acceptors (Lipinski definition) is 3. The Labute approximate surface area is 119 Å². The summed E-state index contributed by atoms with van der Waals surface area (Å²) < 4.78 is 5.92. The molecule has 2 heterocycles. The molecule has 1 amide bonds. The smallest absolute Gasteiger partial charge is 0.290 e. The van der Waals surface area contributed by atoms with Crippen molar-refractivity contribution in [3.8, 4) is 0 Å². The molecule has 2 aromatic rings. The number of hydrogen-bond donors (Lipinski definition) is 0. The van der Waals surface area contributed by atoms with E-state index in [4.69, 9.17) is 4.42 Å². The van der Waals surface area contributed by atoms with Crippen LogP contribution in [-0.4, -0.2) is 21.8 Å². The number of rotatable bonds is 4. The monoisotopic (exact) mass is 320 g/mol. The van der Waals surface area contributed by atoms with Gasteiger partial charge in [0.25, 0.3) is 5.91 Å². The van der Waals surface area contributed by atoms with Crippen molar-refractivity contribution >= 4 is 21.8 Å². The van der Waals surface area contributed by atoms with Crippen LogP contribution in [0, 0.1) is 0 Å². The number of amides is 1. The van der Waals surface area contributed by atoms with Crippen LogP contribution in [0.5, 0.6) is 0 Å². The van der Waals surface area contributed by atoms with E-state index in [1.54, 1.807) is 18.3 Å². The second-order valence-electron chi connectivity index (χ2n) is 4.59. The van der Waals surface area contributed by atoms with Gasteiger partial charge in [0.05, 0.1) is 12.2 Å². The molecule has 0 unspecified atom stereocenters. The van der Waals surface area contributed by atoms with Gasteiger partial charge in [0.15, 0.2) is 10.4 Å². The van der Waals surface area contributed by atoms with E-state index in [1.807, 2.05) is 23.1 Å². The van der Waals surface area contributed by atoms with Crippen molar-refractivity contribution in [3.63, 3.8) is 0 Å². The zero-order valence-corrected chi connectivity index (χ0v) is 11.8.